The van der Waals surface area contributed by atoms with Crippen LogP contribution in [-0.4, -0.2) is 19.1 Å². The van der Waals surface area contributed by atoms with Crippen molar-refractivity contribution in [2.75, 3.05) is 18.5 Å². The van der Waals surface area contributed by atoms with Crippen molar-refractivity contribution < 1.29 is 14.3 Å². The fourth-order valence-corrected chi connectivity index (χ4v) is 2.79. The minimum Gasteiger partial charge on any atom is -0.490 e. The van der Waals surface area contributed by atoms with Gasteiger partial charge in [-0.3, -0.25) is 4.79 Å². The maximum atomic E-state index is 12.4. The number of ether oxygens (including phenoxy) is 2. The number of hydrogen-bond acceptors (Lipinski definition) is 4. The largest absolute Gasteiger partial charge is 0.490 e. The van der Waals surface area contributed by atoms with E-state index >= 15 is 0 Å². The molecule has 0 aliphatic heterocycles. The van der Waals surface area contributed by atoms with Crippen LogP contribution in [0.25, 0.3) is 6.08 Å². The summed E-state index contributed by atoms with van der Waals surface area (Å²) in [7, 11) is 0. The van der Waals surface area contributed by atoms with Gasteiger partial charge in [-0.25, -0.2) is 0 Å². The van der Waals surface area contributed by atoms with Crippen LogP contribution >= 0.6 is 27.5 Å². The zero-order valence-corrected chi connectivity index (χ0v) is 17.5. The quantitative estimate of drug-likeness (QED) is 0.315. The highest BCUT2D eigenvalue weighted by atomic mass is 79.9. The summed E-state index contributed by atoms with van der Waals surface area (Å²) in [5.41, 5.74) is 1.09. The van der Waals surface area contributed by atoms with Gasteiger partial charge < -0.3 is 14.8 Å². The van der Waals surface area contributed by atoms with Crippen molar-refractivity contribution in [2.45, 2.75) is 6.92 Å². The van der Waals surface area contributed by atoms with Gasteiger partial charge in [0.1, 0.15) is 18.2 Å². The SMILES string of the molecule is C=CCOc1cc(Br)c(/C=C(\C#N)C(=O)Nc2ccc(Cl)cc2)cc1OCC. The van der Waals surface area contributed by atoms with Crippen LogP contribution in [0.15, 0.2) is 59.1 Å². The van der Waals surface area contributed by atoms with E-state index in [1.807, 2.05) is 13.0 Å². The third-order valence-corrected chi connectivity index (χ3v) is 4.43. The lowest BCUT2D eigenvalue weighted by Gasteiger charge is -2.13. The van der Waals surface area contributed by atoms with Gasteiger partial charge in [0.15, 0.2) is 11.5 Å². The second-order valence-electron chi connectivity index (χ2n) is 5.48. The van der Waals surface area contributed by atoms with Gasteiger partial charge in [0.2, 0.25) is 0 Å². The fraction of sp³-hybridized carbons (Fsp3) is 0.143. The zero-order chi connectivity index (χ0) is 20.5. The Kier molecular flexibility index (Phi) is 8.12. The number of anilines is 1. The number of rotatable bonds is 8. The average Bonchev–Trinajstić information content (AvgIpc) is 2.68. The van der Waals surface area contributed by atoms with E-state index in [0.29, 0.717) is 45.5 Å². The third-order valence-electron chi connectivity index (χ3n) is 3.49. The minimum absolute atomic E-state index is 0.0575. The summed E-state index contributed by atoms with van der Waals surface area (Å²) in [5.74, 6) is 0.519. The van der Waals surface area contributed by atoms with E-state index in [9.17, 15) is 10.1 Å². The lowest BCUT2D eigenvalue weighted by Crippen LogP contribution is -2.13. The molecule has 0 fully saturated rings. The molecular weight excluding hydrogens is 444 g/mol. The Morgan fingerprint density at radius 1 is 1.29 bits per heavy atom. The Hall–Kier alpha value is -2.75. The van der Waals surface area contributed by atoms with Crippen LogP contribution in [0.2, 0.25) is 5.02 Å². The molecule has 0 atom stereocenters. The summed E-state index contributed by atoms with van der Waals surface area (Å²) in [6.45, 7) is 6.25. The van der Waals surface area contributed by atoms with Crippen molar-refractivity contribution in [1.29, 1.82) is 5.26 Å². The first-order valence-electron chi connectivity index (χ1n) is 8.37. The number of halogens is 2. The van der Waals surface area contributed by atoms with E-state index in [2.05, 4.69) is 27.8 Å². The van der Waals surface area contributed by atoms with Gasteiger partial charge in [0.25, 0.3) is 5.91 Å². The standard InChI is InChI=1S/C21H18BrClN2O3/c1-3-9-28-20-12-18(22)14(11-19(20)27-4-2)10-15(13-24)21(26)25-17-7-5-16(23)6-8-17/h3,5-8,10-12H,1,4,9H2,2H3,(H,25,26)/b15-10+. The smallest absolute Gasteiger partial charge is 0.266 e. The van der Waals surface area contributed by atoms with E-state index in [4.69, 9.17) is 21.1 Å². The second-order valence-corrected chi connectivity index (χ2v) is 6.77. The second kappa shape index (κ2) is 10.5. The topological polar surface area (TPSA) is 71.3 Å². The van der Waals surface area contributed by atoms with E-state index in [1.54, 1.807) is 42.5 Å². The predicted octanol–water partition coefficient (Wildman–Crippen LogP) is 5.61. The van der Waals surface area contributed by atoms with Crippen LogP contribution in [0, 0.1) is 11.3 Å². The molecule has 0 aliphatic carbocycles. The maximum Gasteiger partial charge on any atom is 0.266 e. The van der Waals surface area contributed by atoms with Gasteiger partial charge in [-0.1, -0.05) is 40.2 Å². The van der Waals surface area contributed by atoms with E-state index in [1.165, 1.54) is 6.08 Å². The summed E-state index contributed by atoms with van der Waals surface area (Å²) in [6.07, 6.45) is 3.11. The predicted molar refractivity (Wildman–Crippen MR) is 115 cm³/mol. The van der Waals surface area contributed by atoms with E-state index < -0.39 is 5.91 Å². The van der Waals surface area contributed by atoms with Crippen LogP contribution in [0.3, 0.4) is 0 Å². The molecular formula is C21H18BrClN2O3. The zero-order valence-electron chi connectivity index (χ0n) is 15.2. The molecule has 0 aromatic heterocycles. The molecule has 28 heavy (non-hydrogen) atoms. The van der Waals surface area contributed by atoms with Crippen LogP contribution in [0.4, 0.5) is 5.69 Å². The normalized spacial score (nSPS) is 10.7. The minimum atomic E-state index is -0.526. The molecule has 1 N–H and O–H groups in total. The first-order valence-corrected chi connectivity index (χ1v) is 9.54. The van der Waals surface area contributed by atoms with Crippen molar-refractivity contribution in [2.24, 2.45) is 0 Å². The Labute approximate surface area is 177 Å². The number of hydrogen-bond donors (Lipinski definition) is 1. The number of nitrogens with zero attached hydrogens (tertiary/aromatic N) is 1. The van der Waals surface area contributed by atoms with Gasteiger partial charge in [-0.2, -0.15) is 5.26 Å². The highest BCUT2D eigenvalue weighted by Gasteiger charge is 2.14. The van der Waals surface area contributed by atoms with E-state index in [-0.39, 0.29) is 5.57 Å². The molecule has 0 heterocycles. The molecule has 2 aromatic rings. The Morgan fingerprint density at radius 2 is 1.96 bits per heavy atom. The van der Waals surface area contributed by atoms with E-state index in [0.717, 1.165) is 0 Å². The fourth-order valence-electron chi connectivity index (χ4n) is 2.23. The van der Waals surface area contributed by atoms with Crippen LogP contribution in [-0.2, 0) is 4.79 Å². The average molecular weight is 462 g/mol. The molecule has 0 spiro atoms. The molecule has 5 nitrogen and oxygen atoms in total. The van der Waals surface area contributed by atoms with Gasteiger partial charge in [0.05, 0.1) is 6.61 Å². The number of carbonyl (C=O) groups is 1. The highest BCUT2D eigenvalue weighted by molar-refractivity contribution is 9.10. The summed E-state index contributed by atoms with van der Waals surface area (Å²) >= 11 is 9.28. The Morgan fingerprint density at radius 3 is 2.57 bits per heavy atom. The highest BCUT2D eigenvalue weighted by Crippen LogP contribution is 2.35. The molecule has 0 saturated heterocycles. The van der Waals surface area contributed by atoms with Crippen molar-refractivity contribution in [3.05, 3.63) is 69.7 Å². The first-order chi connectivity index (χ1) is 13.5. The molecule has 7 heteroatoms. The number of carbonyl (C=O) groups excluding carboxylic acids is 1. The monoisotopic (exact) mass is 460 g/mol. The summed E-state index contributed by atoms with van der Waals surface area (Å²) in [6, 6.07) is 12.0. The number of nitriles is 1. The van der Waals surface area contributed by atoms with Crippen molar-refractivity contribution in [3.8, 4) is 17.6 Å². The van der Waals surface area contributed by atoms with Gasteiger partial charge in [-0.05, 0) is 55.0 Å². The summed E-state index contributed by atoms with van der Waals surface area (Å²) < 4.78 is 11.9. The molecule has 2 rings (SSSR count). The molecule has 0 aliphatic rings. The summed E-state index contributed by atoms with van der Waals surface area (Å²) in [5, 5.41) is 12.7. The summed E-state index contributed by atoms with van der Waals surface area (Å²) in [4.78, 5) is 12.4. The molecule has 0 saturated carbocycles. The van der Waals surface area contributed by atoms with Crippen molar-refractivity contribution in [3.63, 3.8) is 0 Å². The Bertz CT molecular complexity index is 934. The third kappa shape index (κ3) is 5.88. The van der Waals surface area contributed by atoms with Gasteiger partial charge in [-0.15, -0.1) is 0 Å². The molecule has 144 valence electrons. The first kappa shape index (κ1) is 21.5. The number of nitrogens with one attached hydrogen (secondary N) is 1. The van der Waals surface area contributed by atoms with Gasteiger partial charge in [0, 0.05) is 15.2 Å². The van der Waals surface area contributed by atoms with Gasteiger partial charge >= 0.3 is 0 Å². The maximum absolute atomic E-state index is 12.4. The van der Waals surface area contributed by atoms with Crippen LogP contribution in [0.5, 0.6) is 11.5 Å². The molecule has 0 radical (unpaired) electrons. The van der Waals surface area contributed by atoms with Crippen molar-refractivity contribution in [1.82, 2.24) is 0 Å². The molecule has 2 aromatic carbocycles. The Balaban J connectivity index is 2.32. The number of amides is 1. The number of benzene rings is 2. The molecule has 0 bridgehead atoms. The lowest BCUT2D eigenvalue weighted by molar-refractivity contribution is -0.112. The van der Waals surface area contributed by atoms with Crippen LogP contribution in [0.1, 0.15) is 12.5 Å². The molecule has 1 amide bonds. The van der Waals surface area contributed by atoms with Crippen molar-refractivity contribution >= 4 is 45.2 Å². The van der Waals surface area contributed by atoms with Crippen LogP contribution < -0.4 is 14.8 Å². The lowest BCUT2D eigenvalue weighted by atomic mass is 10.1. The molecule has 0 unspecified atom stereocenters.